The van der Waals surface area contributed by atoms with Gasteiger partial charge in [-0.2, -0.15) is 5.10 Å². The van der Waals surface area contributed by atoms with Gasteiger partial charge in [-0.25, -0.2) is 4.98 Å². The molecular weight excluding hydrogens is 503 g/mol. The Hall–Kier alpha value is -2.44. The van der Waals surface area contributed by atoms with Gasteiger partial charge in [-0.15, -0.1) is 0 Å². The predicted molar refractivity (Wildman–Crippen MR) is 130 cm³/mol. The number of carbonyl (C=O) groups excluding carboxylic acids is 1. The molecule has 1 aromatic carbocycles. The maximum Gasteiger partial charge on any atom is 0.308 e. The maximum absolute atomic E-state index is 13.3. The van der Waals surface area contributed by atoms with Crippen LogP contribution in [0.5, 0.6) is 0 Å². The van der Waals surface area contributed by atoms with Crippen molar-refractivity contribution in [1.29, 1.82) is 0 Å². The zero-order chi connectivity index (χ0) is 22.0. The number of halogens is 1. The molecule has 0 N–H and O–H groups in total. The van der Waals surface area contributed by atoms with Gasteiger partial charge in [-0.3, -0.25) is 14.4 Å². The van der Waals surface area contributed by atoms with E-state index >= 15 is 0 Å². The van der Waals surface area contributed by atoms with Gasteiger partial charge in [0.2, 0.25) is 0 Å². The standard InChI is InChI=1S/C24H25IN4O2/c1-4-5-6-24(30)29(22-13-16(2)19(25)14-18(22)17-7-8-17)23-10-9-20-21(26-23)15-28(27-20)11-12-31-3/h9-10,13-15,17H,4,7-8,11-12H2,1-3H3. The van der Waals surface area contributed by atoms with Crippen LogP contribution in [-0.2, 0) is 16.1 Å². The number of aromatic nitrogens is 3. The van der Waals surface area contributed by atoms with Crippen molar-refractivity contribution in [1.82, 2.24) is 14.8 Å². The lowest BCUT2D eigenvalue weighted by Crippen LogP contribution is -2.26. The largest absolute Gasteiger partial charge is 0.383 e. The highest BCUT2D eigenvalue weighted by atomic mass is 127. The van der Waals surface area contributed by atoms with Gasteiger partial charge >= 0.3 is 5.91 Å². The number of methoxy groups -OCH3 is 1. The Balaban J connectivity index is 1.83. The number of rotatable bonds is 6. The molecule has 2 heterocycles. The van der Waals surface area contributed by atoms with Gasteiger partial charge < -0.3 is 4.74 Å². The highest BCUT2D eigenvalue weighted by molar-refractivity contribution is 14.1. The first-order chi connectivity index (χ1) is 15.0. The second-order valence-corrected chi connectivity index (χ2v) is 8.85. The van der Waals surface area contributed by atoms with Crippen molar-refractivity contribution in [3.63, 3.8) is 0 Å². The topological polar surface area (TPSA) is 60.2 Å². The molecule has 1 saturated carbocycles. The lowest BCUT2D eigenvalue weighted by molar-refractivity contribution is -0.112. The Bertz CT molecular complexity index is 1190. The van der Waals surface area contributed by atoms with Gasteiger partial charge in [-0.1, -0.05) is 12.8 Å². The van der Waals surface area contributed by atoms with Crippen molar-refractivity contribution in [2.24, 2.45) is 0 Å². The molecule has 2 aromatic heterocycles. The molecule has 0 aliphatic heterocycles. The van der Waals surface area contributed by atoms with Crippen molar-refractivity contribution in [2.45, 2.75) is 45.6 Å². The fraction of sp³-hybridized carbons (Fsp3) is 0.375. The number of fused-ring (bicyclic) bond motifs is 1. The van der Waals surface area contributed by atoms with E-state index in [4.69, 9.17) is 9.72 Å². The molecule has 6 nitrogen and oxygen atoms in total. The summed E-state index contributed by atoms with van der Waals surface area (Å²) in [5, 5.41) is 4.54. The van der Waals surface area contributed by atoms with Gasteiger partial charge in [-0.05, 0) is 89.6 Å². The fourth-order valence-corrected chi connectivity index (χ4v) is 4.01. The van der Waals surface area contributed by atoms with Crippen LogP contribution in [0.4, 0.5) is 11.5 Å². The van der Waals surface area contributed by atoms with Crippen LogP contribution in [0.15, 0.2) is 30.5 Å². The van der Waals surface area contributed by atoms with Crippen molar-refractivity contribution < 1.29 is 9.53 Å². The third-order valence-electron chi connectivity index (χ3n) is 5.29. The number of carbonyl (C=O) groups is 1. The molecule has 31 heavy (non-hydrogen) atoms. The summed E-state index contributed by atoms with van der Waals surface area (Å²) in [6, 6.07) is 8.06. The monoisotopic (exact) mass is 528 g/mol. The zero-order valence-electron chi connectivity index (χ0n) is 18.0. The normalized spacial score (nSPS) is 13.2. The molecule has 7 heteroatoms. The number of ether oxygens (including phenoxy) is 1. The lowest BCUT2D eigenvalue weighted by Gasteiger charge is -2.23. The fourth-order valence-electron chi connectivity index (χ4n) is 3.52. The minimum Gasteiger partial charge on any atom is -0.383 e. The summed E-state index contributed by atoms with van der Waals surface area (Å²) < 4.78 is 8.17. The summed E-state index contributed by atoms with van der Waals surface area (Å²) in [4.78, 5) is 19.7. The molecule has 0 spiro atoms. The number of hydrogen-bond acceptors (Lipinski definition) is 4. The van der Waals surface area contributed by atoms with E-state index in [0.29, 0.717) is 31.3 Å². The number of pyridine rings is 1. The number of benzene rings is 1. The summed E-state index contributed by atoms with van der Waals surface area (Å²) >= 11 is 2.36. The van der Waals surface area contributed by atoms with Crippen LogP contribution in [0.2, 0.25) is 0 Å². The van der Waals surface area contributed by atoms with Crippen LogP contribution < -0.4 is 4.90 Å². The van der Waals surface area contributed by atoms with E-state index in [1.165, 1.54) is 9.13 Å². The van der Waals surface area contributed by atoms with Crippen molar-refractivity contribution in [3.8, 4) is 11.8 Å². The van der Waals surface area contributed by atoms with E-state index in [-0.39, 0.29) is 5.91 Å². The van der Waals surface area contributed by atoms with Crippen LogP contribution >= 0.6 is 22.6 Å². The van der Waals surface area contributed by atoms with E-state index in [0.717, 1.165) is 35.1 Å². The summed E-state index contributed by atoms with van der Waals surface area (Å²) in [6.45, 7) is 5.23. The number of hydrogen-bond donors (Lipinski definition) is 0. The van der Waals surface area contributed by atoms with Gasteiger partial charge in [0.25, 0.3) is 0 Å². The average molecular weight is 528 g/mol. The van der Waals surface area contributed by atoms with E-state index in [1.54, 1.807) is 12.0 Å². The summed E-state index contributed by atoms with van der Waals surface area (Å²) in [5.74, 6) is 6.50. The summed E-state index contributed by atoms with van der Waals surface area (Å²) in [6.07, 6.45) is 4.81. The molecule has 0 atom stereocenters. The van der Waals surface area contributed by atoms with Gasteiger partial charge in [0.15, 0.2) is 0 Å². The molecule has 4 rings (SSSR count). The predicted octanol–water partition coefficient (Wildman–Crippen LogP) is 4.95. The van der Waals surface area contributed by atoms with Gasteiger partial charge in [0.1, 0.15) is 16.9 Å². The molecule has 0 radical (unpaired) electrons. The first kappa shape index (κ1) is 21.8. The maximum atomic E-state index is 13.3. The second kappa shape index (κ2) is 9.37. The van der Waals surface area contributed by atoms with Gasteiger partial charge in [0, 0.05) is 17.1 Å². The number of anilines is 2. The molecule has 0 unspecified atom stereocenters. The van der Waals surface area contributed by atoms with E-state index in [1.807, 2.05) is 29.9 Å². The molecule has 1 amide bonds. The molecule has 0 bridgehead atoms. The number of amides is 1. The summed E-state index contributed by atoms with van der Waals surface area (Å²) in [7, 11) is 1.67. The van der Waals surface area contributed by atoms with E-state index in [9.17, 15) is 4.79 Å². The zero-order valence-corrected chi connectivity index (χ0v) is 20.1. The third-order valence-corrected chi connectivity index (χ3v) is 6.45. The Morgan fingerprint density at radius 2 is 2.13 bits per heavy atom. The number of aryl methyl sites for hydroxylation is 1. The highest BCUT2D eigenvalue weighted by Gasteiger charge is 2.31. The van der Waals surface area contributed by atoms with Crippen LogP contribution in [0.25, 0.3) is 11.0 Å². The molecule has 1 aliphatic rings. The van der Waals surface area contributed by atoms with Crippen LogP contribution in [0.3, 0.4) is 0 Å². The Morgan fingerprint density at radius 1 is 1.32 bits per heavy atom. The third kappa shape index (κ3) is 4.75. The molecule has 1 aliphatic carbocycles. The lowest BCUT2D eigenvalue weighted by atomic mass is 10.0. The first-order valence-electron chi connectivity index (χ1n) is 10.5. The number of nitrogens with zero attached hydrogens (tertiary/aromatic N) is 4. The van der Waals surface area contributed by atoms with Crippen molar-refractivity contribution in [3.05, 3.63) is 45.2 Å². The SMILES string of the molecule is CCC#CC(=O)N(c1ccc2nn(CCOC)cc2n1)c1cc(C)c(I)cc1C1CC1. The minimum absolute atomic E-state index is 0.261. The molecule has 160 valence electrons. The highest BCUT2D eigenvalue weighted by Crippen LogP contribution is 2.46. The Kier molecular flexibility index (Phi) is 6.58. The average Bonchev–Trinajstić information content (AvgIpc) is 3.52. The second-order valence-electron chi connectivity index (χ2n) is 7.69. The quantitative estimate of drug-likeness (QED) is 0.336. The van der Waals surface area contributed by atoms with E-state index in [2.05, 4.69) is 58.6 Å². The Morgan fingerprint density at radius 3 is 2.84 bits per heavy atom. The van der Waals surface area contributed by atoms with Crippen LogP contribution in [0.1, 0.15) is 43.2 Å². The van der Waals surface area contributed by atoms with Crippen molar-refractivity contribution >= 4 is 51.0 Å². The van der Waals surface area contributed by atoms with Crippen LogP contribution in [-0.4, -0.2) is 34.4 Å². The first-order valence-corrected chi connectivity index (χ1v) is 11.6. The molecule has 3 aromatic rings. The molecule has 0 saturated heterocycles. The smallest absolute Gasteiger partial charge is 0.308 e. The molecule has 1 fully saturated rings. The molecular formula is C24H25IN4O2. The minimum atomic E-state index is -0.261. The van der Waals surface area contributed by atoms with Crippen molar-refractivity contribution in [2.75, 3.05) is 18.6 Å². The van der Waals surface area contributed by atoms with Crippen LogP contribution in [0, 0.1) is 22.3 Å². The Labute approximate surface area is 196 Å². The van der Waals surface area contributed by atoms with E-state index < -0.39 is 0 Å². The summed E-state index contributed by atoms with van der Waals surface area (Å²) in [5.41, 5.74) is 4.74. The van der Waals surface area contributed by atoms with Gasteiger partial charge in [0.05, 0.1) is 25.0 Å².